The van der Waals surface area contributed by atoms with Crippen LogP contribution in [0.1, 0.15) is 18.9 Å². The molecule has 1 saturated heterocycles. The summed E-state index contributed by atoms with van der Waals surface area (Å²) in [5, 5.41) is 8.38. The fourth-order valence-corrected chi connectivity index (χ4v) is 2.77. The maximum atomic E-state index is 7.70. The van der Waals surface area contributed by atoms with Gasteiger partial charge < -0.3 is 10.6 Å². The van der Waals surface area contributed by atoms with E-state index in [0.717, 1.165) is 37.3 Å². The molecule has 1 unspecified atom stereocenters. The first-order valence-corrected chi connectivity index (χ1v) is 6.99. The van der Waals surface area contributed by atoms with Crippen LogP contribution in [0.25, 0.3) is 0 Å². The molecule has 0 aliphatic carbocycles. The molecule has 0 bridgehead atoms. The first-order chi connectivity index (χ1) is 9.02. The van der Waals surface area contributed by atoms with Gasteiger partial charge in [-0.05, 0) is 31.7 Å². The van der Waals surface area contributed by atoms with Gasteiger partial charge in [-0.3, -0.25) is 10.3 Å². The lowest BCUT2D eigenvalue weighted by Gasteiger charge is -2.41. The van der Waals surface area contributed by atoms with E-state index in [9.17, 15) is 0 Å². The summed E-state index contributed by atoms with van der Waals surface area (Å²) in [5.41, 5.74) is 7.41. The summed E-state index contributed by atoms with van der Waals surface area (Å²) >= 11 is 6.09. The minimum atomic E-state index is 0.0960. The topological polar surface area (TPSA) is 56.4 Å². The number of halogens is 1. The number of nitrogens with zero attached hydrogens (tertiary/aromatic N) is 2. The summed E-state index contributed by atoms with van der Waals surface area (Å²) in [6.07, 6.45) is 1.11. The highest BCUT2D eigenvalue weighted by Gasteiger charge is 2.24. The third-order valence-electron chi connectivity index (χ3n) is 3.84. The summed E-state index contributed by atoms with van der Waals surface area (Å²) in [7, 11) is 2.16. The molecule has 0 radical (unpaired) electrons. The summed E-state index contributed by atoms with van der Waals surface area (Å²) in [6, 6.07) is 6.07. The van der Waals surface area contributed by atoms with Crippen LogP contribution in [-0.2, 0) is 0 Å². The lowest BCUT2D eigenvalue weighted by atomic mass is 10.1. The Morgan fingerprint density at radius 2 is 2.21 bits per heavy atom. The van der Waals surface area contributed by atoms with E-state index in [-0.39, 0.29) is 5.84 Å². The zero-order chi connectivity index (χ0) is 14.0. The van der Waals surface area contributed by atoms with E-state index < -0.39 is 0 Å². The SMILES string of the molecule is CCC1CN(c2cc(Cl)ccc2C(=N)N)CCN1C. The number of piperazine rings is 1. The van der Waals surface area contributed by atoms with E-state index in [1.807, 2.05) is 12.1 Å². The van der Waals surface area contributed by atoms with Crippen molar-refractivity contribution >= 4 is 23.1 Å². The first kappa shape index (κ1) is 14.2. The van der Waals surface area contributed by atoms with Crippen LogP contribution < -0.4 is 10.6 Å². The highest BCUT2D eigenvalue weighted by atomic mass is 35.5. The molecule has 3 N–H and O–H groups in total. The molecule has 104 valence electrons. The van der Waals surface area contributed by atoms with Crippen molar-refractivity contribution in [3.05, 3.63) is 28.8 Å². The molecule has 19 heavy (non-hydrogen) atoms. The molecule has 1 aromatic carbocycles. The van der Waals surface area contributed by atoms with E-state index >= 15 is 0 Å². The standard InChI is InChI=1S/C14H21ClN4/c1-3-11-9-19(7-6-18(11)2)13-8-10(15)4-5-12(13)14(16)17/h4-5,8,11H,3,6-7,9H2,1-2H3,(H3,16,17). The lowest BCUT2D eigenvalue weighted by Crippen LogP contribution is -2.51. The Kier molecular flexibility index (Phi) is 4.32. The molecule has 5 heteroatoms. The van der Waals surface area contributed by atoms with Crippen LogP contribution in [0.3, 0.4) is 0 Å². The smallest absolute Gasteiger partial charge is 0.124 e. The van der Waals surface area contributed by atoms with Crippen LogP contribution in [0.5, 0.6) is 0 Å². The Bertz CT molecular complexity index is 475. The largest absolute Gasteiger partial charge is 0.384 e. The van der Waals surface area contributed by atoms with E-state index in [2.05, 4.69) is 23.8 Å². The molecule has 0 amide bonds. The van der Waals surface area contributed by atoms with Crippen molar-refractivity contribution in [1.29, 1.82) is 5.41 Å². The molecule has 1 aliphatic heterocycles. The van der Waals surface area contributed by atoms with Gasteiger partial charge in [0, 0.05) is 41.9 Å². The zero-order valence-corrected chi connectivity index (χ0v) is 12.2. The summed E-state index contributed by atoms with van der Waals surface area (Å²) in [4.78, 5) is 4.67. The minimum Gasteiger partial charge on any atom is -0.384 e. The quantitative estimate of drug-likeness (QED) is 0.659. The molecule has 0 spiro atoms. The number of hydrogen-bond donors (Lipinski definition) is 2. The third-order valence-corrected chi connectivity index (χ3v) is 4.07. The van der Waals surface area contributed by atoms with Crippen LogP contribution in [0.15, 0.2) is 18.2 Å². The summed E-state index contributed by atoms with van der Waals surface area (Å²) < 4.78 is 0. The van der Waals surface area contributed by atoms with Gasteiger partial charge in [0.2, 0.25) is 0 Å². The van der Waals surface area contributed by atoms with Gasteiger partial charge in [-0.2, -0.15) is 0 Å². The summed E-state index contributed by atoms with van der Waals surface area (Å²) in [5.74, 6) is 0.0960. The summed E-state index contributed by atoms with van der Waals surface area (Å²) in [6.45, 7) is 5.11. The van der Waals surface area contributed by atoms with Gasteiger partial charge in [0.15, 0.2) is 0 Å². The number of hydrogen-bond acceptors (Lipinski definition) is 3. The number of benzene rings is 1. The van der Waals surface area contributed by atoms with E-state index in [1.54, 1.807) is 6.07 Å². The monoisotopic (exact) mass is 280 g/mol. The zero-order valence-electron chi connectivity index (χ0n) is 11.5. The van der Waals surface area contributed by atoms with Crippen LogP contribution in [0, 0.1) is 5.41 Å². The number of likely N-dealkylation sites (N-methyl/N-ethyl adjacent to an activating group) is 1. The van der Waals surface area contributed by atoms with Gasteiger partial charge in [0.1, 0.15) is 5.84 Å². The van der Waals surface area contributed by atoms with Crippen LogP contribution in [0.2, 0.25) is 5.02 Å². The Morgan fingerprint density at radius 1 is 1.47 bits per heavy atom. The Labute approximate surface area is 119 Å². The number of nitrogens with two attached hydrogens (primary N) is 1. The predicted molar refractivity (Wildman–Crippen MR) is 81.4 cm³/mol. The molecule has 0 aromatic heterocycles. The number of nitrogen functional groups attached to an aromatic ring is 1. The van der Waals surface area contributed by atoms with Gasteiger partial charge >= 0.3 is 0 Å². The van der Waals surface area contributed by atoms with Gasteiger partial charge in [-0.15, -0.1) is 0 Å². The highest BCUT2D eigenvalue weighted by molar-refractivity contribution is 6.31. The average Bonchev–Trinajstić information content (AvgIpc) is 2.38. The van der Waals surface area contributed by atoms with Gasteiger partial charge in [0.05, 0.1) is 0 Å². The van der Waals surface area contributed by atoms with Crippen molar-refractivity contribution in [2.75, 3.05) is 31.6 Å². The minimum absolute atomic E-state index is 0.0960. The van der Waals surface area contributed by atoms with Crippen molar-refractivity contribution in [1.82, 2.24) is 4.90 Å². The normalized spacial score (nSPS) is 20.6. The molecule has 0 saturated carbocycles. The molecular formula is C14H21ClN4. The van der Waals surface area contributed by atoms with E-state index in [0.29, 0.717) is 11.1 Å². The third kappa shape index (κ3) is 3.01. The fourth-order valence-electron chi connectivity index (χ4n) is 2.60. The fraction of sp³-hybridized carbons (Fsp3) is 0.500. The highest BCUT2D eigenvalue weighted by Crippen LogP contribution is 2.27. The molecule has 1 aliphatic rings. The lowest BCUT2D eigenvalue weighted by molar-refractivity contribution is 0.213. The van der Waals surface area contributed by atoms with E-state index in [1.165, 1.54) is 0 Å². The molecule has 1 aromatic rings. The van der Waals surface area contributed by atoms with Crippen LogP contribution in [-0.4, -0.2) is 43.5 Å². The number of anilines is 1. The van der Waals surface area contributed by atoms with Gasteiger partial charge in [-0.25, -0.2) is 0 Å². The molecule has 2 rings (SSSR count). The molecular weight excluding hydrogens is 260 g/mol. The van der Waals surface area contributed by atoms with Crippen molar-refractivity contribution in [2.24, 2.45) is 5.73 Å². The molecule has 1 atom stereocenters. The van der Waals surface area contributed by atoms with Crippen molar-refractivity contribution < 1.29 is 0 Å². The first-order valence-electron chi connectivity index (χ1n) is 6.62. The Morgan fingerprint density at radius 3 is 2.84 bits per heavy atom. The van der Waals surface area contributed by atoms with Crippen molar-refractivity contribution in [2.45, 2.75) is 19.4 Å². The van der Waals surface area contributed by atoms with Crippen LogP contribution in [0.4, 0.5) is 5.69 Å². The molecule has 4 nitrogen and oxygen atoms in total. The second-order valence-electron chi connectivity index (χ2n) is 5.06. The number of nitrogens with one attached hydrogen (secondary N) is 1. The Balaban J connectivity index is 2.31. The Hall–Kier alpha value is -1.26. The molecule has 1 fully saturated rings. The second kappa shape index (κ2) is 5.80. The number of rotatable bonds is 3. The van der Waals surface area contributed by atoms with E-state index in [4.69, 9.17) is 22.7 Å². The molecule has 1 heterocycles. The van der Waals surface area contributed by atoms with Gasteiger partial charge in [-0.1, -0.05) is 18.5 Å². The van der Waals surface area contributed by atoms with Gasteiger partial charge in [0.25, 0.3) is 0 Å². The predicted octanol–water partition coefficient (Wildman–Crippen LogP) is 2.15. The maximum Gasteiger partial charge on any atom is 0.124 e. The van der Waals surface area contributed by atoms with Crippen LogP contribution >= 0.6 is 11.6 Å². The number of amidine groups is 1. The van der Waals surface area contributed by atoms with Crippen molar-refractivity contribution in [3.63, 3.8) is 0 Å². The second-order valence-corrected chi connectivity index (χ2v) is 5.50. The van der Waals surface area contributed by atoms with Crippen molar-refractivity contribution in [3.8, 4) is 0 Å². The average molecular weight is 281 g/mol. The maximum absolute atomic E-state index is 7.70.